The van der Waals surface area contributed by atoms with Gasteiger partial charge in [-0.3, -0.25) is 0 Å². The number of rotatable bonds is 2. The maximum Gasteiger partial charge on any atom is 0.136 e. The van der Waals surface area contributed by atoms with Gasteiger partial charge >= 0.3 is 0 Å². The minimum atomic E-state index is -1.58. The van der Waals surface area contributed by atoms with Crippen LogP contribution in [0.1, 0.15) is 34.1 Å². The molecule has 2 heteroatoms. The third-order valence-electron chi connectivity index (χ3n) is 1.02. The molecule has 0 amide bonds. The molecule has 0 aliphatic heterocycles. The SMILES string of the molecule is CC.CCC(C)(F)CF. The molecular weight excluding hydrogens is 122 g/mol. The lowest BCUT2D eigenvalue weighted by molar-refractivity contribution is 0.137. The van der Waals surface area contributed by atoms with Gasteiger partial charge in [0, 0.05) is 0 Å². The van der Waals surface area contributed by atoms with Gasteiger partial charge in [-0.25, -0.2) is 8.78 Å². The van der Waals surface area contributed by atoms with E-state index in [-0.39, 0.29) is 6.42 Å². The molecule has 0 spiro atoms. The van der Waals surface area contributed by atoms with Crippen molar-refractivity contribution in [3.63, 3.8) is 0 Å². The Morgan fingerprint density at radius 3 is 1.67 bits per heavy atom. The zero-order valence-corrected chi connectivity index (χ0v) is 6.67. The van der Waals surface area contributed by atoms with Crippen molar-refractivity contribution in [3.8, 4) is 0 Å². The van der Waals surface area contributed by atoms with E-state index in [0.29, 0.717) is 0 Å². The first-order valence-corrected chi connectivity index (χ1v) is 3.37. The van der Waals surface area contributed by atoms with Gasteiger partial charge in [-0.2, -0.15) is 0 Å². The van der Waals surface area contributed by atoms with Crippen LogP contribution in [0.3, 0.4) is 0 Å². The highest BCUT2D eigenvalue weighted by molar-refractivity contribution is 4.67. The molecule has 0 rings (SSSR count). The molecule has 0 fully saturated rings. The molecule has 9 heavy (non-hydrogen) atoms. The van der Waals surface area contributed by atoms with Crippen molar-refractivity contribution in [2.24, 2.45) is 0 Å². The van der Waals surface area contributed by atoms with E-state index in [0.717, 1.165) is 0 Å². The second kappa shape index (κ2) is 5.99. The first-order chi connectivity index (χ1) is 4.12. The molecule has 0 aromatic heterocycles. The molecule has 0 N–H and O–H groups in total. The Bertz CT molecular complexity index is 44.9. The van der Waals surface area contributed by atoms with Gasteiger partial charge in [-0.1, -0.05) is 20.8 Å². The second-order valence-electron chi connectivity index (χ2n) is 1.90. The summed E-state index contributed by atoms with van der Waals surface area (Å²) in [7, 11) is 0. The third-order valence-corrected chi connectivity index (χ3v) is 1.02. The van der Waals surface area contributed by atoms with Crippen molar-refractivity contribution in [1.29, 1.82) is 0 Å². The van der Waals surface area contributed by atoms with Crippen LogP contribution in [0.15, 0.2) is 0 Å². The summed E-state index contributed by atoms with van der Waals surface area (Å²) in [6.07, 6.45) is 0.253. The highest BCUT2D eigenvalue weighted by atomic mass is 19.2. The van der Waals surface area contributed by atoms with Crippen molar-refractivity contribution in [2.45, 2.75) is 39.8 Å². The van der Waals surface area contributed by atoms with Crippen molar-refractivity contribution in [2.75, 3.05) is 6.67 Å². The predicted molar refractivity (Wildman–Crippen MR) is 37.1 cm³/mol. The molecule has 1 unspecified atom stereocenters. The van der Waals surface area contributed by atoms with Gasteiger partial charge in [0.15, 0.2) is 0 Å². The fourth-order valence-electron chi connectivity index (χ4n) is 0.0945. The van der Waals surface area contributed by atoms with E-state index < -0.39 is 12.3 Å². The van der Waals surface area contributed by atoms with Crippen LogP contribution in [0.2, 0.25) is 0 Å². The van der Waals surface area contributed by atoms with E-state index >= 15 is 0 Å². The monoisotopic (exact) mass is 138 g/mol. The molecule has 0 saturated heterocycles. The lowest BCUT2D eigenvalue weighted by atomic mass is 10.1. The van der Waals surface area contributed by atoms with Crippen LogP contribution in [-0.4, -0.2) is 12.3 Å². The average Bonchev–Trinajstić information content (AvgIpc) is 1.93. The second-order valence-corrected chi connectivity index (χ2v) is 1.90. The van der Waals surface area contributed by atoms with Crippen LogP contribution < -0.4 is 0 Å². The predicted octanol–water partition coefficient (Wildman–Crippen LogP) is 3.12. The lowest BCUT2D eigenvalue weighted by Gasteiger charge is -2.10. The number of alkyl halides is 2. The summed E-state index contributed by atoms with van der Waals surface area (Å²) in [6, 6.07) is 0. The molecule has 58 valence electrons. The van der Waals surface area contributed by atoms with E-state index in [9.17, 15) is 8.78 Å². The number of halogens is 2. The van der Waals surface area contributed by atoms with E-state index in [1.54, 1.807) is 6.92 Å². The molecule has 0 nitrogen and oxygen atoms in total. The highest BCUT2D eigenvalue weighted by Crippen LogP contribution is 2.13. The summed E-state index contributed by atoms with van der Waals surface area (Å²) in [5, 5.41) is 0. The standard InChI is InChI=1S/C5H10F2.C2H6/c1-3-5(2,7)4-6;1-2/h3-4H2,1-2H3;1-2H3. The van der Waals surface area contributed by atoms with Gasteiger partial charge in [0.2, 0.25) is 0 Å². The van der Waals surface area contributed by atoms with E-state index in [1.807, 2.05) is 13.8 Å². The van der Waals surface area contributed by atoms with Gasteiger partial charge in [-0.05, 0) is 13.3 Å². The Morgan fingerprint density at radius 2 is 1.67 bits per heavy atom. The van der Waals surface area contributed by atoms with Gasteiger partial charge in [-0.15, -0.1) is 0 Å². The van der Waals surface area contributed by atoms with Crippen LogP contribution in [0.5, 0.6) is 0 Å². The van der Waals surface area contributed by atoms with Crippen molar-refractivity contribution >= 4 is 0 Å². The van der Waals surface area contributed by atoms with Crippen LogP contribution in [-0.2, 0) is 0 Å². The quantitative estimate of drug-likeness (QED) is 0.550. The molecule has 0 aliphatic rings. The highest BCUT2D eigenvalue weighted by Gasteiger charge is 2.18. The normalized spacial score (nSPS) is 15.3. The minimum Gasteiger partial charge on any atom is -0.248 e. The van der Waals surface area contributed by atoms with Gasteiger partial charge in [0.1, 0.15) is 12.3 Å². The lowest BCUT2D eigenvalue weighted by Crippen LogP contribution is -2.18. The van der Waals surface area contributed by atoms with E-state index in [4.69, 9.17) is 0 Å². The van der Waals surface area contributed by atoms with Gasteiger partial charge < -0.3 is 0 Å². The summed E-state index contributed by atoms with van der Waals surface area (Å²) in [6.45, 7) is 6.01. The molecule has 0 aromatic carbocycles. The molecule has 0 heterocycles. The van der Waals surface area contributed by atoms with Gasteiger partial charge in [0.05, 0.1) is 0 Å². The maximum atomic E-state index is 12.2. The molecular formula is C7H16F2. The summed E-state index contributed by atoms with van der Waals surface area (Å²) in [5.74, 6) is 0. The fraction of sp³-hybridized carbons (Fsp3) is 1.00. The molecule has 0 aliphatic carbocycles. The topological polar surface area (TPSA) is 0 Å². The Morgan fingerprint density at radius 1 is 1.33 bits per heavy atom. The van der Waals surface area contributed by atoms with Crippen molar-refractivity contribution in [1.82, 2.24) is 0 Å². The fourth-order valence-corrected chi connectivity index (χ4v) is 0.0945. The zero-order valence-electron chi connectivity index (χ0n) is 6.67. The van der Waals surface area contributed by atoms with Crippen LogP contribution >= 0.6 is 0 Å². The Labute approximate surface area is 56.3 Å². The van der Waals surface area contributed by atoms with E-state index in [2.05, 4.69) is 0 Å². The maximum absolute atomic E-state index is 12.2. The van der Waals surface area contributed by atoms with Crippen LogP contribution in [0.4, 0.5) is 8.78 Å². The van der Waals surface area contributed by atoms with Crippen molar-refractivity contribution in [3.05, 3.63) is 0 Å². The summed E-state index contributed by atoms with van der Waals surface area (Å²) < 4.78 is 23.6. The third kappa shape index (κ3) is 7.86. The Balaban J connectivity index is 0. The Hall–Kier alpha value is -0.140. The smallest absolute Gasteiger partial charge is 0.136 e. The molecule has 0 radical (unpaired) electrons. The molecule has 0 bridgehead atoms. The average molecular weight is 138 g/mol. The zero-order chi connectivity index (χ0) is 7.91. The first-order valence-electron chi connectivity index (χ1n) is 3.37. The number of hydrogen-bond donors (Lipinski definition) is 0. The summed E-state index contributed by atoms with van der Waals surface area (Å²) in [5.41, 5.74) is -1.58. The number of hydrogen-bond acceptors (Lipinski definition) is 0. The van der Waals surface area contributed by atoms with Crippen LogP contribution in [0, 0.1) is 0 Å². The Kier molecular flexibility index (Phi) is 7.74. The van der Waals surface area contributed by atoms with Gasteiger partial charge in [0.25, 0.3) is 0 Å². The molecule has 0 saturated carbocycles. The van der Waals surface area contributed by atoms with Crippen LogP contribution in [0.25, 0.3) is 0 Å². The first kappa shape index (κ1) is 11.6. The largest absolute Gasteiger partial charge is 0.248 e. The van der Waals surface area contributed by atoms with Crippen molar-refractivity contribution < 1.29 is 8.78 Å². The van der Waals surface area contributed by atoms with E-state index in [1.165, 1.54) is 6.92 Å². The molecule has 0 aromatic rings. The minimum absolute atomic E-state index is 0.253. The summed E-state index contributed by atoms with van der Waals surface area (Å²) >= 11 is 0. The summed E-state index contributed by atoms with van der Waals surface area (Å²) in [4.78, 5) is 0. The molecule has 1 atom stereocenters.